The predicted molar refractivity (Wildman–Crippen MR) is 81.0 cm³/mol. The van der Waals surface area contributed by atoms with Gasteiger partial charge in [0.05, 0.1) is 0 Å². The molecule has 3 N–H and O–H groups in total. The maximum atomic E-state index is 9.87. The number of nitrogens with two attached hydrogens (primary N) is 1. The van der Waals surface area contributed by atoms with E-state index in [1.807, 2.05) is 42.5 Å². The summed E-state index contributed by atoms with van der Waals surface area (Å²) in [6, 6.07) is 15.4. The standard InChI is InChI=1S/C17H21NO2/c1-13(9-10-18)15-7-8-16(19)17(11-15)20-12-14-5-3-2-4-6-14/h2-8,11,13,19H,9-10,12,18H2,1H3. The van der Waals surface area contributed by atoms with E-state index in [4.69, 9.17) is 10.5 Å². The van der Waals surface area contributed by atoms with Crippen molar-refractivity contribution in [1.82, 2.24) is 0 Å². The number of hydrogen-bond donors (Lipinski definition) is 2. The average molecular weight is 271 g/mol. The van der Waals surface area contributed by atoms with Gasteiger partial charge in [0.1, 0.15) is 6.61 Å². The Labute approximate surface area is 120 Å². The summed E-state index contributed by atoms with van der Waals surface area (Å²) in [5.41, 5.74) is 7.80. The molecule has 0 heterocycles. The summed E-state index contributed by atoms with van der Waals surface area (Å²) in [7, 11) is 0. The van der Waals surface area contributed by atoms with Crippen LogP contribution < -0.4 is 10.5 Å². The highest BCUT2D eigenvalue weighted by Crippen LogP contribution is 2.31. The number of phenolic OH excluding ortho intramolecular Hbond substituents is 1. The smallest absolute Gasteiger partial charge is 0.161 e. The van der Waals surface area contributed by atoms with Gasteiger partial charge in [-0.25, -0.2) is 0 Å². The number of hydrogen-bond acceptors (Lipinski definition) is 3. The van der Waals surface area contributed by atoms with E-state index in [-0.39, 0.29) is 5.75 Å². The van der Waals surface area contributed by atoms with Crippen molar-refractivity contribution in [1.29, 1.82) is 0 Å². The van der Waals surface area contributed by atoms with Gasteiger partial charge in [0.15, 0.2) is 11.5 Å². The molecule has 3 heteroatoms. The van der Waals surface area contributed by atoms with Gasteiger partial charge in [-0.1, -0.05) is 43.3 Å². The molecule has 0 amide bonds. The lowest BCUT2D eigenvalue weighted by atomic mass is 9.97. The first kappa shape index (κ1) is 14.4. The first-order valence-electron chi connectivity index (χ1n) is 6.90. The average Bonchev–Trinajstić information content (AvgIpc) is 2.47. The molecule has 1 unspecified atom stereocenters. The van der Waals surface area contributed by atoms with Crippen LogP contribution in [-0.4, -0.2) is 11.7 Å². The summed E-state index contributed by atoms with van der Waals surface area (Å²) in [5.74, 6) is 1.06. The maximum absolute atomic E-state index is 9.87. The third kappa shape index (κ3) is 3.75. The van der Waals surface area contributed by atoms with E-state index >= 15 is 0 Å². The molecule has 0 saturated carbocycles. The number of ether oxygens (including phenoxy) is 1. The monoisotopic (exact) mass is 271 g/mol. The zero-order valence-corrected chi connectivity index (χ0v) is 11.8. The molecule has 0 aromatic heterocycles. The van der Waals surface area contributed by atoms with Crippen LogP contribution >= 0.6 is 0 Å². The van der Waals surface area contributed by atoms with Gasteiger partial charge in [0.2, 0.25) is 0 Å². The van der Waals surface area contributed by atoms with Gasteiger partial charge in [-0.2, -0.15) is 0 Å². The van der Waals surface area contributed by atoms with Crippen LogP contribution in [0.4, 0.5) is 0 Å². The number of phenols is 1. The second-order valence-electron chi connectivity index (χ2n) is 4.98. The molecule has 0 aliphatic carbocycles. The topological polar surface area (TPSA) is 55.5 Å². The van der Waals surface area contributed by atoms with Crippen LogP contribution in [0.15, 0.2) is 48.5 Å². The zero-order chi connectivity index (χ0) is 14.4. The van der Waals surface area contributed by atoms with Crippen LogP contribution in [0.25, 0.3) is 0 Å². The van der Waals surface area contributed by atoms with Crippen molar-refractivity contribution in [3.8, 4) is 11.5 Å². The molecule has 0 bridgehead atoms. The zero-order valence-electron chi connectivity index (χ0n) is 11.8. The summed E-state index contributed by atoms with van der Waals surface area (Å²) in [6.07, 6.45) is 0.920. The largest absolute Gasteiger partial charge is 0.504 e. The lowest BCUT2D eigenvalue weighted by Gasteiger charge is -2.14. The van der Waals surface area contributed by atoms with Gasteiger partial charge in [0, 0.05) is 0 Å². The third-order valence-corrected chi connectivity index (χ3v) is 3.39. The second-order valence-corrected chi connectivity index (χ2v) is 4.98. The van der Waals surface area contributed by atoms with Crippen molar-refractivity contribution in [3.05, 3.63) is 59.7 Å². The second kappa shape index (κ2) is 6.96. The van der Waals surface area contributed by atoms with Crippen LogP contribution in [0.3, 0.4) is 0 Å². The highest BCUT2D eigenvalue weighted by molar-refractivity contribution is 5.43. The normalized spacial score (nSPS) is 12.1. The Kier molecular flexibility index (Phi) is 5.02. The number of aromatic hydroxyl groups is 1. The van der Waals surface area contributed by atoms with Crippen molar-refractivity contribution in [2.75, 3.05) is 6.54 Å². The Morgan fingerprint density at radius 1 is 1.15 bits per heavy atom. The summed E-state index contributed by atoms with van der Waals surface area (Å²) < 4.78 is 5.71. The van der Waals surface area contributed by atoms with Crippen LogP contribution in [0, 0.1) is 0 Å². The van der Waals surface area contributed by atoms with Crippen LogP contribution in [-0.2, 0) is 6.61 Å². The summed E-state index contributed by atoms with van der Waals surface area (Å²) >= 11 is 0. The van der Waals surface area contributed by atoms with E-state index in [1.54, 1.807) is 6.07 Å². The van der Waals surface area contributed by atoms with E-state index in [2.05, 4.69) is 6.92 Å². The Morgan fingerprint density at radius 3 is 2.60 bits per heavy atom. The molecule has 2 aromatic rings. The quantitative estimate of drug-likeness (QED) is 0.846. The van der Waals surface area contributed by atoms with Crippen LogP contribution in [0.5, 0.6) is 11.5 Å². The first-order chi connectivity index (χ1) is 9.70. The van der Waals surface area contributed by atoms with Gasteiger partial charge in [0.25, 0.3) is 0 Å². The summed E-state index contributed by atoms with van der Waals surface area (Å²) in [6.45, 7) is 3.23. The molecule has 1 atom stereocenters. The molecule has 0 saturated heterocycles. The summed E-state index contributed by atoms with van der Waals surface area (Å²) in [4.78, 5) is 0. The van der Waals surface area contributed by atoms with Crippen molar-refractivity contribution >= 4 is 0 Å². The molecule has 0 aliphatic rings. The SMILES string of the molecule is CC(CCN)c1ccc(O)c(OCc2ccccc2)c1. The Bertz CT molecular complexity index is 540. The van der Waals surface area contributed by atoms with Crippen LogP contribution in [0.2, 0.25) is 0 Å². The van der Waals surface area contributed by atoms with Crippen molar-refractivity contribution in [3.63, 3.8) is 0 Å². The Balaban J connectivity index is 2.08. The fourth-order valence-corrected chi connectivity index (χ4v) is 2.10. The number of benzene rings is 2. The molecule has 0 fully saturated rings. The minimum atomic E-state index is 0.171. The third-order valence-electron chi connectivity index (χ3n) is 3.39. The van der Waals surface area contributed by atoms with Crippen molar-refractivity contribution < 1.29 is 9.84 Å². The van der Waals surface area contributed by atoms with E-state index < -0.39 is 0 Å². The highest BCUT2D eigenvalue weighted by atomic mass is 16.5. The fourth-order valence-electron chi connectivity index (χ4n) is 2.10. The van der Waals surface area contributed by atoms with Crippen molar-refractivity contribution in [2.24, 2.45) is 5.73 Å². The first-order valence-corrected chi connectivity index (χ1v) is 6.90. The van der Waals surface area contributed by atoms with Gasteiger partial charge in [-0.3, -0.25) is 0 Å². The van der Waals surface area contributed by atoms with Gasteiger partial charge in [-0.05, 0) is 42.1 Å². The maximum Gasteiger partial charge on any atom is 0.161 e. The van der Waals surface area contributed by atoms with E-state index in [9.17, 15) is 5.11 Å². The van der Waals surface area contributed by atoms with E-state index in [0.29, 0.717) is 24.8 Å². The molecule has 2 rings (SSSR count). The molecular formula is C17H21NO2. The molecule has 3 nitrogen and oxygen atoms in total. The Hall–Kier alpha value is -2.00. The highest BCUT2D eigenvalue weighted by Gasteiger charge is 2.09. The molecular weight excluding hydrogens is 250 g/mol. The Morgan fingerprint density at radius 2 is 1.90 bits per heavy atom. The molecule has 0 aliphatic heterocycles. The number of rotatable bonds is 6. The van der Waals surface area contributed by atoms with E-state index in [1.165, 1.54) is 0 Å². The fraction of sp³-hybridized carbons (Fsp3) is 0.294. The molecule has 20 heavy (non-hydrogen) atoms. The molecule has 2 aromatic carbocycles. The molecule has 0 spiro atoms. The summed E-state index contributed by atoms with van der Waals surface area (Å²) in [5, 5.41) is 9.87. The molecule has 0 radical (unpaired) electrons. The van der Waals surface area contributed by atoms with Crippen molar-refractivity contribution in [2.45, 2.75) is 25.9 Å². The van der Waals surface area contributed by atoms with E-state index in [0.717, 1.165) is 17.5 Å². The predicted octanol–water partition coefficient (Wildman–Crippen LogP) is 3.42. The van der Waals surface area contributed by atoms with Crippen LogP contribution in [0.1, 0.15) is 30.4 Å². The van der Waals surface area contributed by atoms with Gasteiger partial charge >= 0.3 is 0 Å². The lowest BCUT2D eigenvalue weighted by Crippen LogP contribution is -2.05. The minimum absolute atomic E-state index is 0.171. The molecule has 106 valence electrons. The minimum Gasteiger partial charge on any atom is -0.504 e. The van der Waals surface area contributed by atoms with Gasteiger partial charge in [-0.15, -0.1) is 0 Å². The van der Waals surface area contributed by atoms with Gasteiger partial charge < -0.3 is 15.6 Å². The lowest BCUT2D eigenvalue weighted by molar-refractivity contribution is 0.288.